The Morgan fingerprint density at radius 2 is 1.73 bits per heavy atom. The van der Waals surface area contributed by atoms with E-state index >= 15 is 0 Å². The van der Waals surface area contributed by atoms with Crippen LogP contribution in [0.1, 0.15) is 12.8 Å². The Balaban J connectivity index is 1.41. The van der Waals surface area contributed by atoms with Crippen molar-refractivity contribution >= 4 is 31.6 Å². The van der Waals surface area contributed by atoms with Crippen LogP contribution < -0.4 is 19.1 Å². The third-order valence-electron chi connectivity index (χ3n) is 5.64. The number of carbonyl (C=O) groups excluding carboxylic acids is 1. The number of nitrogens with one attached hydrogen (secondary N) is 1. The largest absolute Gasteiger partial charge is 0.495 e. The fourth-order valence-corrected chi connectivity index (χ4v) is 6.15. The number of carbonyl (C=O) groups is 1. The van der Waals surface area contributed by atoms with E-state index in [4.69, 9.17) is 14.2 Å². The van der Waals surface area contributed by atoms with Gasteiger partial charge in [-0.3, -0.25) is 9.10 Å². The molecule has 11 nitrogen and oxygen atoms in total. The summed E-state index contributed by atoms with van der Waals surface area (Å²) in [5, 5.41) is 2.74. The van der Waals surface area contributed by atoms with Crippen LogP contribution in [0.3, 0.4) is 0 Å². The zero-order chi connectivity index (χ0) is 26.9. The van der Waals surface area contributed by atoms with E-state index in [9.17, 15) is 21.6 Å². The Morgan fingerprint density at radius 1 is 1.05 bits per heavy atom. The number of ether oxygens (including phenoxy) is 3. The molecule has 0 saturated carbocycles. The summed E-state index contributed by atoms with van der Waals surface area (Å²) in [5.74, 6) is 0.682. The molecule has 37 heavy (non-hydrogen) atoms. The van der Waals surface area contributed by atoms with E-state index in [2.05, 4.69) is 5.32 Å². The molecule has 0 unspecified atom stereocenters. The van der Waals surface area contributed by atoms with Gasteiger partial charge in [0.15, 0.2) is 0 Å². The van der Waals surface area contributed by atoms with E-state index < -0.39 is 20.0 Å². The summed E-state index contributed by atoms with van der Waals surface area (Å²) in [7, 11) is -5.66. The van der Waals surface area contributed by atoms with Crippen LogP contribution in [0.5, 0.6) is 11.5 Å². The van der Waals surface area contributed by atoms with Crippen LogP contribution in [0, 0.1) is 0 Å². The molecule has 1 amide bonds. The van der Waals surface area contributed by atoms with Crippen molar-refractivity contribution < 1.29 is 35.8 Å². The van der Waals surface area contributed by atoms with Gasteiger partial charge in [0.2, 0.25) is 26.0 Å². The van der Waals surface area contributed by atoms with Gasteiger partial charge in [-0.25, -0.2) is 16.8 Å². The van der Waals surface area contributed by atoms with Gasteiger partial charge in [0.05, 0.1) is 43.7 Å². The van der Waals surface area contributed by atoms with E-state index in [0.29, 0.717) is 49.9 Å². The fourth-order valence-electron chi connectivity index (χ4n) is 3.78. The first-order valence-corrected chi connectivity index (χ1v) is 15.1. The maximum atomic E-state index is 12.7. The van der Waals surface area contributed by atoms with Gasteiger partial charge in [0.1, 0.15) is 18.1 Å². The molecule has 0 aliphatic carbocycles. The average molecular weight is 556 g/mol. The number of anilines is 1. The highest BCUT2D eigenvalue weighted by atomic mass is 32.2. The summed E-state index contributed by atoms with van der Waals surface area (Å²) < 4.78 is 68.6. The molecular formula is C24H33N3O8S2. The molecule has 1 aliphatic heterocycles. The molecule has 1 fully saturated rings. The van der Waals surface area contributed by atoms with Crippen LogP contribution in [-0.2, 0) is 29.6 Å². The predicted octanol–water partition coefficient (Wildman–Crippen LogP) is 1.46. The van der Waals surface area contributed by atoms with E-state index in [0.717, 1.165) is 6.26 Å². The van der Waals surface area contributed by atoms with Crippen molar-refractivity contribution in [1.29, 1.82) is 0 Å². The Morgan fingerprint density at radius 3 is 2.38 bits per heavy atom. The zero-order valence-corrected chi connectivity index (χ0v) is 22.6. The molecule has 1 heterocycles. The highest BCUT2D eigenvalue weighted by molar-refractivity contribution is 7.92. The summed E-state index contributed by atoms with van der Waals surface area (Å²) >= 11 is 0. The topological polar surface area (TPSA) is 132 Å². The molecule has 2 aromatic rings. The van der Waals surface area contributed by atoms with Gasteiger partial charge in [-0.2, -0.15) is 4.31 Å². The third-order valence-corrected chi connectivity index (χ3v) is 8.74. The number of rotatable bonds is 13. The number of amides is 1. The lowest BCUT2D eigenvalue weighted by molar-refractivity contribution is -0.121. The Hall–Kier alpha value is -2.87. The Bertz CT molecular complexity index is 1250. The summed E-state index contributed by atoms with van der Waals surface area (Å²) in [4.78, 5) is 12.4. The lowest BCUT2D eigenvalue weighted by atomic mass is 10.2. The van der Waals surface area contributed by atoms with Crippen molar-refractivity contribution in [2.75, 3.05) is 63.7 Å². The third kappa shape index (κ3) is 8.06. The second-order valence-electron chi connectivity index (χ2n) is 8.30. The quantitative estimate of drug-likeness (QED) is 0.368. The van der Waals surface area contributed by atoms with E-state index in [1.165, 1.54) is 27.9 Å². The number of sulfonamides is 2. The number of hydrogen-bond acceptors (Lipinski definition) is 8. The summed E-state index contributed by atoms with van der Waals surface area (Å²) in [6, 6.07) is 12.9. The molecule has 0 bridgehead atoms. The zero-order valence-electron chi connectivity index (χ0n) is 21.0. The van der Waals surface area contributed by atoms with Gasteiger partial charge >= 0.3 is 0 Å². The normalized spacial score (nSPS) is 14.6. The lowest BCUT2D eigenvalue weighted by Gasteiger charge is -2.26. The van der Waals surface area contributed by atoms with Crippen LogP contribution in [-0.4, -0.2) is 86.4 Å². The molecule has 204 valence electrons. The lowest BCUT2D eigenvalue weighted by Crippen LogP contribution is -2.40. The van der Waals surface area contributed by atoms with Crippen LogP contribution in [0.2, 0.25) is 0 Å². The molecule has 3 rings (SSSR count). The van der Waals surface area contributed by atoms with E-state index in [1.807, 2.05) is 0 Å². The van der Waals surface area contributed by atoms with Gasteiger partial charge in [-0.1, -0.05) is 12.1 Å². The predicted molar refractivity (Wildman–Crippen MR) is 139 cm³/mol. The summed E-state index contributed by atoms with van der Waals surface area (Å²) in [5.41, 5.74) is 0.421. The van der Waals surface area contributed by atoms with Gasteiger partial charge in [0, 0.05) is 26.1 Å². The Kier molecular flexibility index (Phi) is 10.1. The molecular weight excluding hydrogens is 522 g/mol. The van der Waals surface area contributed by atoms with Gasteiger partial charge < -0.3 is 19.5 Å². The SMILES string of the molecule is COc1ccccc1N(CCCC(=O)NCCOc1ccc(S(=O)(=O)N2CCOCC2)cc1)S(C)(=O)=O. The summed E-state index contributed by atoms with van der Waals surface area (Å²) in [6.07, 6.45) is 1.56. The standard InChI is InChI=1S/C24H33N3O8S2/c1-33-23-7-4-3-6-22(23)27(36(2,29)30)14-5-8-24(28)25-13-17-35-20-9-11-21(12-10-20)37(31,32)26-15-18-34-19-16-26/h3-4,6-7,9-12H,5,8,13-19H2,1-2H3,(H,25,28). The molecule has 1 aliphatic rings. The van der Waals surface area contributed by atoms with Gasteiger partial charge in [0.25, 0.3) is 0 Å². The van der Waals surface area contributed by atoms with Crippen LogP contribution >= 0.6 is 0 Å². The minimum absolute atomic E-state index is 0.128. The monoisotopic (exact) mass is 555 g/mol. The highest BCUT2D eigenvalue weighted by Crippen LogP contribution is 2.29. The number of nitrogens with zero attached hydrogens (tertiary/aromatic N) is 2. The molecule has 13 heteroatoms. The number of hydrogen-bond donors (Lipinski definition) is 1. The Labute approximate surface area is 218 Å². The maximum Gasteiger partial charge on any atom is 0.243 e. The first-order chi connectivity index (χ1) is 17.6. The first-order valence-electron chi connectivity index (χ1n) is 11.8. The van der Waals surface area contributed by atoms with Crippen molar-refractivity contribution in [2.45, 2.75) is 17.7 Å². The molecule has 1 saturated heterocycles. The van der Waals surface area contributed by atoms with Crippen molar-refractivity contribution in [3.8, 4) is 11.5 Å². The fraction of sp³-hybridized carbons (Fsp3) is 0.458. The van der Waals surface area contributed by atoms with Gasteiger partial charge in [-0.05, 0) is 42.8 Å². The van der Waals surface area contributed by atoms with Crippen LogP contribution in [0.4, 0.5) is 5.69 Å². The van der Waals surface area contributed by atoms with Crippen molar-refractivity contribution in [3.05, 3.63) is 48.5 Å². The number of methoxy groups -OCH3 is 1. The van der Waals surface area contributed by atoms with Crippen molar-refractivity contribution in [3.63, 3.8) is 0 Å². The molecule has 0 atom stereocenters. The smallest absolute Gasteiger partial charge is 0.243 e. The van der Waals surface area contributed by atoms with Crippen LogP contribution in [0.25, 0.3) is 0 Å². The number of benzene rings is 2. The molecule has 0 spiro atoms. The molecule has 1 N–H and O–H groups in total. The average Bonchev–Trinajstić information content (AvgIpc) is 2.89. The van der Waals surface area contributed by atoms with Crippen molar-refractivity contribution in [1.82, 2.24) is 9.62 Å². The second kappa shape index (κ2) is 13.1. The first kappa shape index (κ1) is 28.7. The van der Waals surface area contributed by atoms with E-state index in [1.54, 1.807) is 36.4 Å². The molecule has 0 aromatic heterocycles. The van der Waals surface area contributed by atoms with E-state index in [-0.39, 0.29) is 36.9 Å². The summed E-state index contributed by atoms with van der Waals surface area (Å²) in [6.45, 7) is 1.98. The van der Waals surface area contributed by atoms with Crippen LogP contribution in [0.15, 0.2) is 53.4 Å². The highest BCUT2D eigenvalue weighted by Gasteiger charge is 2.26. The minimum atomic E-state index is -3.57. The maximum absolute atomic E-state index is 12.7. The minimum Gasteiger partial charge on any atom is -0.495 e. The number of para-hydroxylation sites is 2. The number of morpholine rings is 1. The second-order valence-corrected chi connectivity index (χ2v) is 12.1. The van der Waals surface area contributed by atoms with Crippen molar-refractivity contribution in [2.24, 2.45) is 0 Å². The van der Waals surface area contributed by atoms with Gasteiger partial charge in [-0.15, -0.1) is 0 Å². The molecule has 0 radical (unpaired) electrons. The molecule has 2 aromatic carbocycles.